The Bertz CT molecular complexity index is 2310. The van der Waals surface area contributed by atoms with Gasteiger partial charge in [-0.2, -0.15) is 0 Å². The van der Waals surface area contributed by atoms with Crippen molar-refractivity contribution in [3.8, 4) is 28.2 Å². The fraction of sp³-hybridized carbons (Fsp3) is 0.140. The standard InChI is InChI=1S/C43H35N3/c1-42(2)32-15-8-10-19-37(32)46-38-26-25-30(27-35(38)43(3,4)34-17-12-16-33(42)40(34)46)28-21-23-29(24-22-28)41-44-36-18-9-11-20-39(36)45(41)31-13-6-5-7-14-31/h5-27H,1-4H3. The van der Waals surface area contributed by atoms with Crippen molar-refractivity contribution in [3.05, 3.63) is 162 Å². The molecule has 0 bridgehead atoms. The highest BCUT2D eigenvalue weighted by atomic mass is 15.2. The fourth-order valence-electron chi connectivity index (χ4n) is 7.93. The number of aromatic nitrogens is 2. The van der Waals surface area contributed by atoms with Crippen LogP contribution >= 0.6 is 0 Å². The maximum atomic E-state index is 5.08. The quantitative estimate of drug-likeness (QED) is 0.203. The van der Waals surface area contributed by atoms with Gasteiger partial charge in [-0.1, -0.05) is 125 Å². The second-order valence-electron chi connectivity index (χ2n) is 13.7. The van der Waals surface area contributed by atoms with Crippen LogP contribution < -0.4 is 4.90 Å². The van der Waals surface area contributed by atoms with E-state index in [1.54, 1.807) is 0 Å². The molecule has 0 unspecified atom stereocenters. The largest absolute Gasteiger partial charge is 0.309 e. The Morgan fingerprint density at radius 1 is 0.478 bits per heavy atom. The highest BCUT2D eigenvalue weighted by Crippen LogP contribution is 2.60. The van der Waals surface area contributed by atoms with Crippen LogP contribution in [0.25, 0.3) is 39.2 Å². The Labute approximate surface area is 270 Å². The molecule has 7 aromatic rings. The predicted molar refractivity (Wildman–Crippen MR) is 191 cm³/mol. The molecular weight excluding hydrogens is 558 g/mol. The summed E-state index contributed by atoms with van der Waals surface area (Å²) < 4.78 is 2.26. The minimum Gasteiger partial charge on any atom is -0.309 e. The van der Waals surface area contributed by atoms with Crippen LogP contribution in [0.2, 0.25) is 0 Å². The van der Waals surface area contributed by atoms with Crippen LogP contribution in [-0.4, -0.2) is 9.55 Å². The van der Waals surface area contributed by atoms with Gasteiger partial charge in [-0.15, -0.1) is 0 Å². The van der Waals surface area contributed by atoms with Gasteiger partial charge in [-0.05, 0) is 75.8 Å². The summed E-state index contributed by atoms with van der Waals surface area (Å²) in [5, 5.41) is 0. The molecule has 9 rings (SSSR count). The minimum atomic E-state index is -0.157. The number of hydrogen-bond acceptors (Lipinski definition) is 2. The molecule has 1 aromatic heterocycles. The zero-order valence-corrected chi connectivity index (χ0v) is 26.6. The van der Waals surface area contributed by atoms with Crippen LogP contribution in [0, 0.1) is 0 Å². The van der Waals surface area contributed by atoms with Crippen molar-refractivity contribution in [2.24, 2.45) is 0 Å². The summed E-state index contributed by atoms with van der Waals surface area (Å²) in [6.45, 7) is 9.49. The van der Waals surface area contributed by atoms with Crippen LogP contribution in [0.5, 0.6) is 0 Å². The number of fused-ring (bicyclic) bond motifs is 5. The summed E-state index contributed by atoms with van der Waals surface area (Å²) in [5.74, 6) is 0.949. The summed E-state index contributed by atoms with van der Waals surface area (Å²) in [6, 6.07) is 50.7. The van der Waals surface area contributed by atoms with E-state index in [0.29, 0.717) is 0 Å². The van der Waals surface area contributed by atoms with E-state index in [4.69, 9.17) is 4.98 Å². The van der Waals surface area contributed by atoms with Crippen LogP contribution in [0.3, 0.4) is 0 Å². The van der Waals surface area contributed by atoms with Crippen LogP contribution in [-0.2, 0) is 10.8 Å². The van der Waals surface area contributed by atoms with Crippen LogP contribution in [0.4, 0.5) is 17.1 Å². The van der Waals surface area contributed by atoms with E-state index in [2.05, 4.69) is 177 Å². The molecule has 3 nitrogen and oxygen atoms in total. The number of para-hydroxylation sites is 5. The van der Waals surface area contributed by atoms with E-state index < -0.39 is 0 Å². The molecule has 0 saturated carbocycles. The van der Waals surface area contributed by atoms with Crippen LogP contribution in [0.15, 0.2) is 140 Å². The first kappa shape index (κ1) is 26.9. The Balaban J connectivity index is 1.16. The highest BCUT2D eigenvalue weighted by Gasteiger charge is 2.45. The Hall–Kier alpha value is -5.41. The van der Waals surface area contributed by atoms with Gasteiger partial charge >= 0.3 is 0 Å². The van der Waals surface area contributed by atoms with Gasteiger partial charge < -0.3 is 4.90 Å². The molecule has 0 atom stereocenters. The maximum Gasteiger partial charge on any atom is 0.145 e. The molecule has 222 valence electrons. The number of imidazole rings is 1. The van der Waals surface area contributed by atoms with Crippen molar-refractivity contribution < 1.29 is 0 Å². The molecule has 6 aromatic carbocycles. The third kappa shape index (κ3) is 3.69. The fourth-order valence-corrected chi connectivity index (χ4v) is 7.93. The molecular formula is C43H35N3. The average molecular weight is 594 g/mol. The van der Waals surface area contributed by atoms with Gasteiger partial charge in [-0.25, -0.2) is 4.98 Å². The number of anilines is 3. The van der Waals surface area contributed by atoms with Gasteiger partial charge in [0.1, 0.15) is 5.82 Å². The maximum absolute atomic E-state index is 5.08. The molecule has 46 heavy (non-hydrogen) atoms. The van der Waals surface area contributed by atoms with Gasteiger partial charge in [0.15, 0.2) is 0 Å². The van der Waals surface area contributed by atoms with E-state index in [1.165, 1.54) is 50.4 Å². The first-order valence-corrected chi connectivity index (χ1v) is 16.2. The van der Waals surface area contributed by atoms with Gasteiger partial charge in [0.2, 0.25) is 0 Å². The van der Waals surface area contributed by atoms with E-state index in [9.17, 15) is 0 Å². The second kappa shape index (κ2) is 9.55. The molecule has 0 fully saturated rings. The molecule has 3 heterocycles. The number of rotatable bonds is 3. The second-order valence-corrected chi connectivity index (χ2v) is 13.7. The first-order chi connectivity index (χ1) is 22.3. The molecule has 0 aliphatic carbocycles. The lowest BCUT2D eigenvalue weighted by Crippen LogP contribution is -2.38. The van der Waals surface area contributed by atoms with Gasteiger partial charge in [0.25, 0.3) is 0 Å². The molecule has 0 radical (unpaired) electrons. The monoisotopic (exact) mass is 593 g/mol. The third-order valence-corrected chi connectivity index (χ3v) is 10.4. The van der Waals surface area contributed by atoms with E-state index in [0.717, 1.165) is 28.1 Å². The van der Waals surface area contributed by atoms with Gasteiger partial charge in [0, 0.05) is 22.1 Å². The average Bonchev–Trinajstić information content (AvgIpc) is 3.48. The number of benzene rings is 6. The normalized spacial score (nSPS) is 15.3. The molecule has 0 N–H and O–H groups in total. The summed E-state index contributed by atoms with van der Waals surface area (Å²) in [4.78, 5) is 7.60. The molecule has 0 amide bonds. The predicted octanol–water partition coefficient (Wildman–Crippen LogP) is 11.1. The first-order valence-electron chi connectivity index (χ1n) is 16.2. The number of nitrogens with zero attached hydrogens (tertiary/aromatic N) is 3. The molecule has 2 aliphatic heterocycles. The molecule has 0 spiro atoms. The highest BCUT2D eigenvalue weighted by molar-refractivity contribution is 5.93. The molecule has 3 heteroatoms. The minimum absolute atomic E-state index is 0.0746. The third-order valence-electron chi connectivity index (χ3n) is 10.4. The molecule has 0 saturated heterocycles. The zero-order chi connectivity index (χ0) is 31.2. The van der Waals surface area contributed by atoms with Crippen molar-refractivity contribution in [1.29, 1.82) is 0 Å². The SMILES string of the molecule is CC1(C)c2ccccc2N2c3ccc(-c4ccc(-c5nc6ccccc6n5-c5ccccc5)cc4)cc3C(C)(C)c3cccc1c32. The smallest absolute Gasteiger partial charge is 0.145 e. The number of hydrogen-bond donors (Lipinski definition) is 0. The Morgan fingerprint density at radius 2 is 1.07 bits per heavy atom. The van der Waals surface area contributed by atoms with Gasteiger partial charge in [-0.3, -0.25) is 4.57 Å². The van der Waals surface area contributed by atoms with E-state index in [1.807, 2.05) is 0 Å². The topological polar surface area (TPSA) is 21.1 Å². The van der Waals surface area contributed by atoms with Crippen molar-refractivity contribution in [2.75, 3.05) is 4.90 Å². The van der Waals surface area contributed by atoms with Crippen molar-refractivity contribution >= 4 is 28.1 Å². The summed E-state index contributed by atoms with van der Waals surface area (Å²) >= 11 is 0. The van der Waals surface area contributed by atoms with E-state index in [-0.39, 0.29) is 10.8 Å². The van der Waals surface area contributed by atoms with Crippen molar-refractivity contribution in [2.45, 2.75) is 38.5 Å². The van der Waals surface area contributed by atoms with Crippen molar-refractivity contribution in [3.63, 3.8) is 0 Å². The summed E-state index contributed by atoms with van der Waals surface area (Å²) in [6.07, 6.45) is 0. The zero-order valence-electron chi connectivity index (χ0n) is 26.6. The lowest BCUT2D eigenvalue weighted by molar-refractivity contribution is 0.597. The van der Waals surface area contributed by atoms with E-state index >= 15 is 0 Å². The lowest BCUT2D eigenvalue weighted by atomic mass is 9.66. The molecule has 2 aliphatic rings. The Kier molecular flexibility index (Phi) is 5.59. The summed E-state index contributed by atoms with van der Waals surface area (Å²) in [5.41, 5.74) is 15.9. The van der Waals surface area contributed by atoms with Crippen LogP contribution in [0.1, 0.15) is 49.9 Å². The van der Waals surface area contributed by atoms with Crippen molar-refractivity contribution in [1.82, 2.24) is 9.55 Å². The summed E-state index contributed by atoms with van der Waals surface area (Å²) in [7, 11) is 0. The Morgan fingerprint density at radius 3 is 1.85 bits per heavy atom. The lowest BCUT2D eigenvalue weighted by Gasteiger charge is -2.49. The van der Waals surface area contributed by atoms with Gasteiger partial charge in [0.05, 0.1) is 28.1 Å².